The van der Waals surface area contributed by atoms with Crippen LogP contribution in [0.25, 0.3) is 10.9 Å². The van der Waals surface area contributed by atoms with Crippen LogP contribution in [-0.2, 0) is 13.5 Å². The SMILES string of the molecule is Cn1nccc1C(=O)N1CCc2c([nH]c3ccccc23)[C@H]1c1ccc(F)cc1. The van der Waals surface area contributed by atoms with Crippen molar-refractivity contribution in [3.63, 3.8) is 0 Å². The Morgan fingerprint density at radius 2 is 1.93 bits per heavy atom. The molecule has 28 heavy (non-hydrogen) atoms. The standard InChI is InChI=1S/C22H19FN4O/c1-26-19(10-12-24-26)22(28)27-13-11-17-16-4-2-3-5-18(16)25-20(17)21(27)14-6-8-15(23)9-7-14/h2-10,12,21,25H,11,13H2,1H3/t21-/m1/s1. The molecule has 1 atom stereocenters. The van der Waals surface area contributed by atoms with Gasteiger partial charge in [-0.05, 0) is 41.8 Å². The van der Waals surface area contributed by atoms with E-state index in [2.05, 4.69) is 16.1 Å². The van der Waals surface area contributed by atoms with E-state index in [1.165, 1.54) is 23.1 Å². The molecule has 0 radical (unpaired) electrons. The lowest BCUT2D eigenvalue weighted by atomic mass is 9.92. The third-order valence-electron chi connectivity index (χ3n) is 5.52. The molecule has 4 aromatic rings. The molecule has 1 N–H and O–H groups in total. The minimum absolute atomic E-state index is 0.0846. The lowest BCUT2D eigenvalue weighted by Gasteiger charge is -2.36. The number of benzene rings is 2. The molecule has 5 rings (SSSR count). The van der Waals surface area contributed by atoms with Crippen LogP contribution in [0.5, 0.6) is 0 Å². The molecule has 3 heterocycles. The first-order valence-corrected chi connectivity index (χ1v) is 9.27. The first-order chi connectivity index (χ1) is 13.6. The van der Waals surface area contributed by atoms with E-state index in [-0.39, 0.29) is 17.8 Å². The first-order valence-electron chi connectivity index (χ1n) is 9.27. The Hall–Kier alpha value is -3.41. The number of carbonyl (C=O) groups excluding carboxylic acids is 1. The van der Waals surface area contributed by atoms with E-state index in [1.807, 2.05) is 23.1 Å². The lowest BCUT2D eigenvalue weighted by molar-refractivity contribution is 0.0680. The monoisotopic (exact) mass is 374 g/mol. The van der Waals surface area contributed by atoms with Crippen molar-refractivity contribution in [1.29, 1.82) is 0 Å². The molecular weight excluding hydrogens is 355 g/mol. The number of halogens is 1. The first kappa shape index (κ1) is 16.7. The molecule has 2 aromatic carbocycles. The summed E-state index contributed by atoms with van der Waals surface area (Å²) in [5.74, 6) is -0.375. The Balaban J connectivity index is 1.68. The molecule has 0 bridgehead atoms. The number of hydrogen-bond donors (Lipinski definition) is 1. The van der Waals surface area contributed by atoms with Gasteiger partial charge in [-0.2, -0.15) is 5.10 Å². The molecule has 2 aromatic heterocycles. The Kier molecular flexibility index (Phi) is 3.79. The van der Waals surface area contributed by atoms with Crippen LogP contribution >= 0.6 is 0 Å². The molecule has 5 nitrogen and oxygen atoms in total. The van der Waals surface area contributed by atoms with Gasteiger partial charge in [0.25, 0.3) is 5.91 Å². The van der Waals surface area contributed by atoms with Crippen molar-refractivity contribution < 1.29 is 9.18 Å². The largest absolute Gasteiger partial charge is 0.356 e. The van der Waals surface area contributed by atoms with Gasteiger partial charge < -0.3 is 9.88 Å². The van der Waals surface area contributed by atoms with Gasteiger partial charge in [-0.1, -0.05) is 30.3 Å². The highest BCUT2D eigenvalue weighted by molar-refractivity contribution is 5.94. The molecular formula is C22H19FN4O. The van der Waals surface area contributed by atoms with E-state index in [0.29, 0.717) is 12.2 Å². The fourth-order valence-corrected chi connectivity index (χ4v) is 4.18. The van der Waals surface area contributed by atoms with Crippen LogP contribution in [0.4, 0.5) is 4.39 Å². The van der Waals surface area contributed by atoms with Gasteiger partial charge in [0.15, 0.2) is 0 Å². The molecule has 0 saturated carbocycles. The van der Waals surface area contributed by atoms with Gasteiger partial charge in [0.2, 0.25) is 0 Å². The molecule has 0 fully saturated rings. The number of amides is 1. The van der Waals surface area contributed by atoms with Crippen LogP contribution in [0.1, 0.15) is 33.4 Å². The average Bonchev–Trinajstić information content (AvgIpc) is 3.30. The second kappa shape index (κ2) is 6.34. The molecule has 6 heteroatoms. The summed E-state index contributed by atoms with van der Waals surface area (Å²) in [5, 5.41) is 5.31. The Morgan fingerprint density at radius 3 is 2.68 bits per heavy atom. The highest BCUT2D eigenvalue weighted by Gasteiger charge is 2.35. The highest BCUT2D eigenvalue weighted by atomic mass is 19.1. The predicted octanol–water partition coefficient (Wildman–Crippen LogP) is 3.83. The summed E-state index contributed by atoms with van der Waals surface area (Å²) in [5.41, 5.74) is 4.68. The van der Waals surface area contributed by atoms with Crippen LogP contribution in [-0.4, -0.2) is 32.1 Å². The topological polar surface area (TPSA) is 53.9 Å². The molecule has 0 aliphatic carbocycles. The fraction of sp³-hybridized carbons (Fsp3) is 0.182. The summed E-state index contributed by atoms with van der Waals surface area (Å²) < 4.78 is 15.1. The van der Waals surface area contributed by atoms with Crippen molar-refractivity contribution in [3.8, 4) is 0 Å². The number of aryl methyl sites for hydroxylation is 1. The molecule has 1 aliphatic heterocycles. The average molecular weight is 374 g/mol. The maximum absolute atomic E-state index is 13.5. The number of fused-ring (bicyclic) bond motifs is 3. The van der Waals surface area contributed by atoms with Crippen molar-refractivity contribution >= 4 is 16.8 Å². The molecule has 1 aliphatic rings. The van der Waals surface area contributed by atoms with Crippen molar-refractivity contribution in [1.82, 2.24) is 19.7 Å². The van der Waals surface area contributed by atoms with E-state index >= 15 is 0 Å². The van der Waals surface area contributed by atoms with E-state index in [1.54, 1.807) is 36.1 Å². The third-order valence-corrected chi connectivity index (χ3v) is 5.52. The maximum Gasteiger partial charge on any atom is 0.272 e. The summed E-state index contributed by atoms with van der Waals surface area (Å²) in [4.78, 5) is 18.7. The van der Waals surface area contributed by atoms with Crippen molar-refractivity contribution in [2.24, 2.45) is 7.05 Å². The van der Waals surface area contributed by atoms with E-state index in [4.69, 9.17) is 0 Å². The van der Waals surface area contributed by atoms with Crippen LogP contribution in [0.2, 0.25) is 0 Å². The van der Waals surface area contributed by atoms with Gasteiger partial charge in [-0.25, -0.2) is 4.39 Å². The number of hydrogen-bond acceptors (Lipinski definition) is 2. The Morgan fingerprint density at radius 1 is 1.14 bits per heavy atom. The van der Waals surface area contributed by atoms with E-state index in [0.717, 1.165) is 23.2 Å². The zero-order chi connectivity index (χ0) is 19.3. The van der Waals surface area contributed by atoms with Crippen molar-refractivity contribution in [2.45, 2.75) is 12.5 Å². The summed E-state index contributed by atoms with van der Waals surface area (Å²) in [6.07, 6.45) is 2.39. The quantitative estimate of drug-likeness (QED) is 0.580. The Bertz CT molecular complexity index is 1170. The van der Waals surface area contributed by atoms with Crippen molar-refractivity contribution in [2.75, 3.05) is 6.54 Å². The van der Waals surface area contributed by atoms with Gasteiger partial charge in [0.05, 0.1) is 6.04 Å². The van der Waals surface area contributed by atoms with Crippen LogP contribution < -0.4 is 0 Å². The zero-order valence-electron chi connectivity index (χ0n) is 15.4. The van der Waals surface area contributed by atoms with Gasteiger partial charge in [-0.3, -0.25) is 9.48 Å². The number of aromatic amines is 1. The van der Waals surface area contributed by atoms with Crippen LogP contribution in [0.3, 0.4) is 0 Å². The number of aromatic nitrogens is 3. The molecule has 0 spiro atoms. The number of rotatable bonds is 2. The molecule has 1 amide bonds. The summed E-state index contributed by atoms with van der Waals surface area (Å²) in [7, 11) is 1.76. The second-order valence-corrected chi connectivity index (χ2v) is 7.11. The van der Waals surface area contributed by atoms with Crippen LogP contribution in [0, 0.1) is 5.82 Å². The van der Waals surface area contributed by atoms with E-state index in [9.17, 15) is 9.18 Å². The second-order valence-electron chi connectivity index (χ2n) is 7.11. The van der Waals surface area contributed by atoms with Gasteiger partial charge in [0.1, 0.15) is 11.5 Å². The predicted molar refractivity (Wildman–Crippen MR) is 104 cm³/mol. The van der Waals surface area contributed by atoms with Gasteiger partial charge in [-0.15, -0.1) is 0 Å². The fourth-order valence-electron chi connectivity index (χ4n) is 4.18. The molecule has 140 valence electrons. The highest BCUT2D eigenvalue weighted by Crippen LogP contribution is 2.39. The third kappa shape index (κ3) is 2.52. The number of nitrogens with one attached hydrogen (secondary N) is 1. The van der Waals surface area contributed by atoms with Crippen LogP contribution in [0.15, 0.2) is 60.8 Å². The summed E-state index contributed by atoms with van der Waals surface area (Å²) in [6, 6.07) is 16.0. The number of nitrogens with zero attached hydrogens (tertiary/aromatic N) is 3. The number of carbonyl (C=O) groups is 1. The maximum atomic E-state index is 13.5. The smallest absolute Gasteiger partial charge is 0.272 e. The number of para-hydroxylation sites is 1. The minimum atomic E-state index is -0.306. The number of H-pyrrole nitrogens is 1. The summed E-state index contributed by atoms with van der Waals surface area (Å²) >= 11 is 0. The molecule has 0 unspecified atom stereocenters. The zero-order valence-corrected chi connectivity index (χ0v) is 15.4. The van der Waals surface area contributed by atoms with Gasteiger partial charge in [0, 0.05) is 36.4 Å². The van der Waals surface area contributed by atoms with E-state index < -0.39 is 0 Å². The molecule has 0 saturated heterocycles. The lowest BCUT2D eigenvalue weighted by Crippen LogP contribution is -2.41. The normalized spacial score (nSPS) is 16.4. The Labute approximate surface area is 161 Å². The van der Waals surface area contributed by atoms with Crippen molar-refractivity contribution in [3.05, 3.63) is 89.1 Å². The summed E-state index contributed by atoms with van der Waals surface area (Å²) in [6.45, 7) is 0.584. The minimum Gasteiger partial charge on any atom is -0.356 e. The van der Waals surface area contributed by atoms with Gasteiger partial charge >= 0.3 is 0 Å².